The Bertz CT molecular complexity index is 613. The van der Waals surface area contributed by atoms with Gasteiger partial charge in [0, 0.05) is 21.9 Å². The topological polar surface area (TPSA) is 24.9 Å². The van der Waals surface area contributed by atoms with E-state index >= 15 is 0 Å². The molecule has 0 radical (unpaired) electrons. The van der Waals surface area contributed by atoms with Crippen molar-refractivity contribution in [2.45, 2.75) is 26.3 Å². The number of likely N-dealkylation sites (N-methyl/N-ethyl adjacent to an activating group) is 1. The van der Waals surface area contributed by atoms with Crippen LogP contribution in [0.4, 0.5) is 4.39 Å². The molecule has 0 spiro atoms. The van der Waals surface area contributed by atoms with Gasteiger partial charge in [0.15, 0.2) is 0 Å². The van der Waals surface area contributed by atoms with Crippen molar-refractivity contribution in [3.05, 3.63) is 63.1 Å². The molecule has 2 nitrogen and oxygen atoms in total. The molecule has 1 heterocycles. The van der Waals surface area contributed by atoms with Crippen molar-refractivity contribution in [1.29, 1.82) is 0 Å². The van der Waals surface area contributed by atoms with E-state index in [1.54, 1.807) is 0 Å². The number of halogens is 2. The van der Waals surface area contributed by atoms with Gasteiger partial charge in [0.1, 0.15) is 5.82 Å². The van der Waals surface area contributed by atoms with Gasteiger partial charge in [0.05, 0.1) is 0 Å². The first kappa shape index (κ1) is 15.1. The third-order valence-electron chi connectivity index (χ3n) is 3.43. The lowest BCUT2D eigenvalue weighted by Crippen LogP contribution is -2.21. The van der Waals surface area contributed by atoms with Crippen LogP contribution in [0.3, 0.4) is 0 Å². The molecule has 0 saturated heterocycles. The molecule has 0 aliphatic heterocycles. The van der Waals surface area contributed by atoms with Crippen LogP contribution in [-0.2, 0) is 6.42 Å². The summed E-state index contributed by atoms with van der Waals surface area (Å²) in [6, 6.07) is 9.30. The first-order valence-electron chi connectivity index (χ1n) is 6.56. The van der Waals surface area contributed by atoms with Crippen molar-refractivity contribution in [2.24, 2.45) is 0 Å². The second-order valence-corrected chi connectivity index (χ2v) is 5.82. The second-order valence-electron chi connectivity index (χ2n) is 4.91. The minimum absolute atomic E-state index is 0.0544. The Hall–Kier alpha value is -1.26. The number of hydrogen-bond acceptors (Lipinski definition) is 2. The molecule has 0 bridgehead atoms. The molecule has 1 aromatic heterocycles. The molecule has 0 fully saturated rings. The highest BCUT2D eigenvalue weighted by molar-refractivity contribution is 9.10. The van der Waals surface area contributed by atoms with Crippen molar-refractivity contribution in [2.75, 3.05) is 7.05 Å². The van der Waals surface area contributed by atoms with Crippen molar-refractivity contribution in [3.8, 4) is 0 Å². The van der Waals surface area contributed by atoms with Crippen LogP contribution in [-0.4, -0.2) is 12.0 Å². The Morgan fingerprint density at radius 2 is 2.00 bits per heavy atom. The number of rotatable bonds is 4. The number of aryl methyl sites for hydroxylation is 2. The largest absolute Gasteiger partial charge is 0.313 e. The molecule has 1 atom stereocenters. The van der Waals surface area contributed by atoms with Gasteiger partial charge in [-0.1, -0.05) is 28.1 Å². The number of aromatic nitrogens is 1. The molecule has 20 heavy (non-hydrogen) atoms. The summed E-state index contributed by atoms with van der Waals surface area (Å²) < 4.78 is 14.7. The Balaban J connectivity index is 2.28. The molecular formula is C16H18BrFN2. The van der Waals surface area contributed by atoms with Gasteiger partial charge < -0.3 is 5.32 Å². The van der Waals surface area contributed by atoms with Crippen molar-refractivity contribution in [1.82, 2.24) is 10.3 Å². The molecular weight excluding hydrogens is 319 g/mol. The molecule has 0 aliphatic rings. The van der Waals surface area contributed by atoms with Gasteiger partial charge in [-0.15, -0.1) is 0 Å². The smallest absolute Gasteiger partial charge is 0.127 e. The predicted molar refractivity (Wildman–Crippen MR) is 83.3 cm³/mol. The average Bonchev–Trinajstić information content (AvgIpc) is 2.39. The van der Waals surface area contributed by atoms with Crippen molar-refractivity contribution < 1.29 is 4.39 Å². The third kappa shape index (κ3) is 3.44. The van der Waals surface area contributed by atoms with E-state index in [0.717, 1.165) is 21.4 Å². The highest BCUT2D eigenvalue weighted by Crippen LogP contribution is 2.24. The van der Waals surface area contributed by atoms with E-state index in [1.165, 1.54) is 6.07 Å². The Morgan fingerprint density at radius 3 is 2.60 bits per heavy atom. The molecule has 0 aliphatic carbocycles. The van der Waals surface area contributed by atoms with Crippen LogP contribution in [0, 0.1) is 19.7 Å². The lowest BCUT2D eigenvalue weighted by atomic mass is 9.97. The molecule has 1 N–H and O–H groups in total. The molecule has 0 amide bonds. The molecule has 2 rings (SSSR count). The molecule has 2 aromatic rings. The van der Waals surface area contributed by atoms with E-state index in [4.69, 9.17) is 0 Å². The first-order chi connectivity index (χ1) is 9.51. The van der Waals surface area contributed by atoms with E-state index in [0.29, 0.717) is 12.0 Å². The maximum absolute atomic E-state index is 14.0. The summed E-state index contributed by atoms with van der Waals surface area (Å²) in [6.07, 6.45) is 0.598. The molecule has 0 saturated carbocycles. The van der Waals surface area contributed by atoms with Crippen LogP contribution in [0.15, 0.2) is 34.8 Å². The highest BCUT2D eigenvalue weighted by atomic mass is 79.9. The summed E-state index contributed by atoms with van der Waals surface area (Å²) in [5, 5.41) is 3.25. The summed E-state index contributed by atoms with van der Waals surface area (Å²) in [5.74, 6) is -0.183. The molecule has 106 valence electrons. The third-order valence-corrected chi connectivity index (χ3v) is 3.92. The van der Waals surface area contributed by atoms with Crippen LogP contribution < -0.4 is 5.32 Å². The van der Waals surface area contributed by atoms with E-state index < -0.39 is 0 Å². The number of nitrogens with zero attached hydrogens (tertiary/aromatic N) is 1. The number of benzene rings is 1. The number of nitrogens with one attached hydrogen (secondary N) is 1. The second kappa shape index (κ2) is 6.46. The standard InChI is InChI=1S/C16H18BrFN2/c1-10-4-7-14(11(2)20-10)16(19-3)8-12-5-6-13(17)9-15(12)18/h4-7,9,16,19H,8H2,1-3H3. The van der Waals surface area contributed by atoms with E-state index in [1.807, 2.05) is 39.1 Å². The minimum atomic E-state index is -0.183. The predicted octanol–water partition coefficient (Wildman–Crippen LogP) is 4.10. The zero-order valence-electron chi connectivity index (χ0n) is 11.9. The van der Waals surface area contributed by atoms with Gasteiger partial charge in [-0.05, 0) is 56.6 Å². The van der Waals surface area contributed by atoms with Crippen molar-refractivity contribution in [3.63, 3.8) is 0 Å². The summed E-state index contributed by atoms with van der Waals surface area (Å²) in [6.45, 7) is 3.96. The zero-order chi connectivity index (χ0) is 14.7. The molecule has 4 heteroatoms. The van der Waals surface area contributed by atoms with Crippen molar-refractivity contribution >= 4 is 15.9 Å². The van der Waals surface area contributed by atoms with Gasteiger partial charge in [0.2, 0.25) is 0 Å². The summed E-state index contributed by atoms with van der Waals surface area (Å²) in [4.78, 5) is 4.48. The van der Waals surface area contributed by atoms with E-state index in [2.05, 4.69) is 32.3 Å². The fourth-order valence-electron chi connectivity index (χ4n) is 2.34. The molecule has 1 aromatic carbocycles. The van der Waals surface area contributed by atoms with Crippen LogP contribution >= 0.6 is 15.9 Å². The monoisotopic (exact) mass is 336 g/mol. The maximum Gasteiger partial charge on any atom is 0.127 e. The van der Waals surface area contributed by atoms with E-state index in [-0.39, 0.29) is 11.9 Å². The summed E-state index contributed by atoms with van der Waals surface area (Å²) in [5.41, 5.74) is 3.80. The minimum Gasteiger partial charge on any atom is -0.313 e. The Labute approximate surface area is 127 Å². The number of pyridine rings is 1. The van der Waals surface area contributed by atoms with Crippen LogP contribution in [0.1, 0.15) is 28.6 Å². The first-order valence-corrected chi connectivity index (χ1v) is 7.36. The Morgan fingerprint density at radius 1 is 1.25 bits per heavy atom. The fraction of sp³-hybridized carbons (Fsp3) is 0.312. The van der Waals surface area contributed by atoms with Crippen LogP contribution in [0.2, 0.25) is 0 Å². The van der Waals surface area contributed by atoms with Gasteiger partial charge in [0.25, 0.3) is 0 Å². The fourth-order valence-corrected chi connectivity index (χ4v) is 2.67. The van der Waals surface area contributed by atoms with E-state index in [9.17, 15) is 4.39 Å². The highest BCUT2D eigenvalue weighted by Gasteiger charge is 2.15. The van der Waals surface area contributed by atoms with Crippen LogP contribution in [0.25, 0.3) is 0 Å². The quantitative estimate of drug-likeness (QED) is 0.908. The summed E-state index contributed by atoms with van der Waals surface area (Å²) in [7, 11) is 1.89. The van der Waals surface area contributed by atoms with Gasteiger partial charge in [-0.25, -0.2) is 4.39 Å². The summed E-state index contributed by atoms with van der Waals surface area (Å²) >= 11 is 3.28. The lowest BCUT2D eigenvalue weighted by Gasteiger charge is -2.19. The van der Waals surface area contributed by atoms with Gasteiger partial charge >= 0.3 is 0 Å². The molecule has 1 unspecified atom stereocenters. The Kier molecular flexibility index (Phi) is 4.89. The van der Waals surface area contributed by atoms with Crippen LogP contribution in [0.5, 0.6) is 0 Å². The zero-order valence-corrected chi connectivity index (χ0v) is 13.5. The van der Waals surface area contributed by atoms with Gasteiger partial charge in [-0.3, -0.25) is 4.98 Å². The normalized spacial score (nSPS) is 12.4. The SMILES string of the molecule is CNC(Cc1ccc(Br)cc1F)c1ccc(C)nc1C. The average molecular weight is 337 g/mol. The lowest BCUT2D eigenvalue weighted by molar-refractivity contribution is 0.550. The maximum atomic E-state index is 14.0. The van der Waals surface area contributed by atoms with Gasteiger partial charge in [-0.2, -0.15) is 0 Å². The number of hydrogen-bond donors (Lipinski definition) is 1.